The highest BCUT2D eigenvalue weighted by Crippen LogP contribution is 2.15. The molecule has 122 valence electrons. The van der Waals surface area contributed by atoms with Crippen molar-refractivity contribution < 1.29 is 4.79 Å². The molecule has 0 bridgehead atoms. The number of benzene rings is 1. The van der Waals surface area contributed by atoms with Crippen LogP contribution in [0.1, 0.15) is 13.3 Å². The van der Waals surface area contributed by atoms with Gasteiger partial charge in [0.05, 0.1) is 0 Å². The van der Waals surface area contributed by atoms with E-state index in [9.17, 15) is 4.79 Å². The minimum absolute atomic E-state index is 0.146. The summed E-state index contributed by atoms with van der Waals surface area (Å²) in [7, 11) is 1.91. The largest absolute Gasteiger partial charge is 0.369 e. The van der Waals surface area contributed by atoms with Gasteiger partial charge < -0.3 is 15.5 Å². The Morgan fingerprint density at radius 1 is 1.18 bits per heavy atom. The number of carbonyl (C=O) groups excluding carboxylic acids is 1. The molecule has 1 heterocycles. The molecule has 1 aromatic rings. The third-order valence-corrected chi connectivity index (χ3v) is 4.25. The van der Waals surface area contributed by atoms with E-state index >= 15 is 0 Å². The maximum Gasteiger partial charge on any atom is 0.221 e. The maximum absolute atomic E-state index is 11.8. The summed E-state index contributed by atoms with van der Waals surface area (Å²) in [6.07, 6.45) is 0.585. The summed E-state index contributed by atoms with van der Waals surface area (Å²) in [6.45, 7) is 7.71. The average Bonchev–Trinajstić information content (AvgIpc) is 2.59. The van der Waals surface area contributed by atoms with E-state index in [2.05, 4.69) is 51.6 Å². The van der Waals surface area contributed by atoms with Crippen LogP contribution in [0.3, 0.4) is 0 Å². The van der Waals surface area contributed by atoms with Crippen LogP contribution < -0.4 is 15.5 Å². The zero-order valence-corrected chi connectivity index (χ0v) is 13.7. The number of amides is 1. The molecular formula is C17H28N4O. The number of hydrogen-bond donors (Lipinski definition) is 2. The number of hydrogen-bond acceptors (Lipinski definition) is 4. The van der Waals surface area contributed by atoms with Crippen LogP contribution in [0.5, 0.6) is 0 Å². The van der Waals surface area contributed by atoms with Crippen molar-refractivity contribution in [3.8, 4) is 0 Å². The van der Waals surface area contributed by atoms with Crippen LogP contribution in [0.25, 0.3) is 0 Å². The molecule has 5 nitrogen and oxygen atoms in total. The molecule has 2 rings (SSSR count). The van der Waals surface area contributed by atoms with Gasteiger partial charge in [-0.1, -0.05) is 18.2 Å². The van der Waals surface area contributed by atoms with Gasteiger partial charge in [0, 0.05) is 57.4 Å². The molecule has 1 aliphatic heterocycles. The fraction of sp³-hybridized carbons (Fsp3) is 0.588. The quantitative estimate of drug-likeness (QED) is 0.786. The minimum Gasteiger partial charge on any atom is -0.369 e. The first-order valence-electron chi connectivity index (χ1n) is 8.15. The van der Waals surface area contributed by atoms with Crippen LogP contribution in [0.15, 0.2) is 30.3 Å². The van der Waals surface area contributed by atoms with E-state index in [1.165, 1.54) is 5.69 Å². The van der Waals surface area contributed by atoms with Crippen molar-refractivity contribution in [2.45, 2.75) is 19.4 Å². The molecule has 22 heavy (non-hydrogen) atoms. The second-order valence-corrected chi connectivity index (χ2v) is 5.91. The van der Waals surface area contributed by atoms with Crippen LogP contribution in [-0.2, 0) is 4.79 Å². The number of anilines is 1. The summed E-state index contributed by atoms with van der Waals surface area (Å²) in [5.41, 5.74) is 1.29. The Labute approximate surface area is 133 Å². The SMILES string of the molecule is CNC(C)CNC(=O)CCN1CCN(c2ccccc2)CC1. The molecule has 1 aromatic carbocycles. The fourth-order valence-electron chi connectivity index (χ4n) is 2.59. The second-order valence-electron chi connectivity index (χ2n) is 5.91. The van der Waals surface area contributed by atoms with Gasteiger partial charge in [-0.3, -0.25) is 9.69 Å². The highest BCUT2D eigenvalue weighted by molar-refractivity contribution is 5.76. The second kappa shape index (κ2) is 8.76. The smallest absolute Gasteiger partial charge is 0.221 e. The fourth-order valence-corrected chi connectivity index (χ4v) is 2.59. The Morgan fingerprint density at radius 3 is 2.50 bits per heavy atom. The van der Waals surface area contributed by atoms with Gasteiger partial charge in [0.15, 0.2) is 0 Å². The van der Waals surface area contributed by atoms with Crippen molar-refractivity contribution in [3.05, 3.63) is 30.3 Å². The average molecular weight is 304 g/mol. The van der Waals surface area contributed by atoms with E-state index in [1.807, 2.05) is 13.1 Å². The van der Waals surface area contributed by atoms with Crippen molar-refractivity contribution in [2.75, 3.05) is 51.2 Å². The minimum atomic E-state index is 0.146. The first-order valence-corrected chi connectivity index (χ1v) is 8.15. The lowest BCUT2D eigenvalue weighted by atomic mass is 10.2. The van der Waals surface area contributed by atoms with E-state index in [1.54, 1.807) is 0 Å². The molecule has 0 aromatic heterocycles. The van der Waals surface area contributed by atoms with Crippen LogP contribution in [0.4, 0.5) is 5.69 Å². The molecule has 1 saturated heterocycles. The number of para-hydroxylation sites is 1. The van der Waals surface area contributed by atoms with Crippen molar-refractivity contribution in [2.24, 2.45) is 0 Å². The number of piperazine rings is 1. The lowest BCUT2D eigenvalue weighted by Gasteiger charge is -2.36. The van der Waals surface area contributed by atoms with Crippen molar-refractivity contribution in [3.63, 3.8) is 0 Å². The van der Waals surface area contributed by atoms with E-state index < -0.39 is 0 Å². The van der Waals surface area contributed by atoms with Crippen molar-refractivity contribution >= 4 is 11.6 Å². The Kier molecular flexibility index (Phi) is 6.68. The molecule has 0 aliphatic carbocycles. The molecule has 1 amide bonds. The predicted molar refractivity (Wildman–Crippen MR) is 91.2 cm³/mol. The number of carbonyl (C=O) groups is 1. The molecule has 0 spiro atoms. The Balaban J connectivity index is 1.64. The zero-order valence-electron chi connectivity index (χ0n) is 13.7. The summed E-state index contributed by atoms with van der Waals surface area (Å²) in [5, 5.41) is 6.08. The Hall–Kier alpha value is -1.59. The summed E-state index contributed by atoms with van der Waals surface area (Å²) in [6, 6.07) is 10.8. The Bertz CT molecular complexity index is 443. The number of rotatable bonds is 7. The summed E-state index contributed by atoms with van der Waals surface area (Å²) in [4.78, 5) is 16.6. The van der Waals surface area contributed by atoms with Crippen molar-refractivity contribution in [1.82, 2.24) is 15.5 Å². The van der Waals surface area contributed by atoms with Gasteiger partial charge in [0.1, 0.15) is 0 Å². The van der Waals surface area contributed by atoms with E-state index in [0.29, 0.717) is 19.0 Å². The first-order chi connectivity index (χ1) is 10.7. The third-order valence-electron chi connectivity index (χ3n) is 4.25. The molecule has 1 unspecified atom stereocenters. The predicted octanol–water partition coefficient (Wildman–Crippen LogP) is 0.923. The monoisotopic (exact) mass is 304 g/mol. The highest BCUT2D eigenvalue weighted by Gasteiger charge is 2.17. The summed E-state index contributed by atoms with van der Waals surface area (Å²) in [5.74, 6) is 0.146. The molecule has 1 atom stereocenters. The number of likely N-dealkylation sites (N-methyl/N-ethyl adjacent to an activating group) is 1. The van der Waals surface area contributed by atoms with E-state index in [0.717, 1.165) is 32.7 Å². The van der Waals surface area contributed by atoms with Gasteiger partial charge in [-0.2, -0.15) is 0 Å². The van der Waals surface area contributed by atoms with Gasteiger partial charge in [0.2, 0.25) is 5.91 Å². The molecule has 0 radical (unpaired) electrons. The molecule has 5 heteroatoms. The maximum atomic E-state index is 11.8. The topological polar surface area (TPSA) is 47.6 Å². The molecule has 2 N–H and O–H groups in total. The number of nitrogens with zero attached hydrogens (tertiary/aromatic N) is 2. The highest BCUT2D eigenvalue weighted by atomic mass is 16.1. The normalized spacial score (nSPS) is 17.3. The molecular weight excluding hydrogens is 276 g/mol. The van der Waals surface area contributed by atoms with Gasteiger partial charge in [0.25, 0.3) is 0 Å². The zero-order chi connectivity index (χ0) is 15.8. The van der Waals surface area contributed by atoms with Crippen LogP contribution in [0, 0.1) is 0 Å². The summed E-state index contributed by atoms with van der Waals surface area (Å²) < 4.78 is 0. The molecule has 1 aliphatic rings. The lowest BCUT2D eigenvalue weighted by molar-refractivity contribution is -0.121. The molecule has 1 fully saturated rings. The van der Waals surface area contributed by atoms with Crippen LogP contribution >= 0.6 is 0 Å². The van der Waals surface area contributed by atoms with Gasteiger partial charge >= 0.3 is 0 Å². The summed E-state index contributed by atoms with van der Waals surface area (Å²) >= 11 is 0. The van der Waals surface area contributed by atoms with Crippen LogP contribution in [-0.4, -0.2) is 63.2 Å². The lowest BCUT2D eigenvalue weighted by Crippen LogP contribution is -2.47. The standard InChI is InChI=1S/C17H28N4O/c1-15(18-2)14-19-17(22)8-9-20-10-12-21(13-11-20)16-6-4-3-5-7-16/h3-7,15,18H,8-14H2,1-2H3,(H,19,22). The van der Waals surface area contributed by atoms with Crippen molar-refractivity contribution in [1.29, 1.82) is 0 Å². The van der Waals surface area contributed by atoms with Gasteiger partial charge in [-0.15, -0.1) is 0 Å². The van der Waals surface area contributed by atoms with Gasteiger partial charge in [-0.05, 0) is 26.1 Å². The first kappa shape index (κ1) is 16.8. The Morgan fingerprint density at radius 2 is 1.86 bits per heavy atom. The van der Waals surface area contributed by atoms with E-state index in [4.69, 9.17) is 0 Å². The van der Waals surface area contributed by atoms with Gasteiger partial charge in [-0.25, -0.2) is 0 Å². The van der Waals surface area contributed by atoms with E-state index in [-0.39, 0.29) is 5.91 Å². The number of nitrogens with one attached hydrogen (secondary N) is 2. The molecule has 0 saturated carbocycles. The van der Waals surface area contributed by atoms with Crippen LogP contribution in [0.2, 0.25) is 0 Å². The third kappa shape index (κ3) is 5.31.